The van der Waals surface area contributed by atoms with Crippen molar-refractivity contribution < 1.29 is 39.4 Å². The Bertz CT molecular complexity index is 1590. The van der Waals surface area contributed by atoms with Gasteiger partial charge in [-0.05, 0) is 110 Å². The first-order valence-electron chi connectivity index (χ1n) is 16.2. The predicted molar refractivity (Wildman–Crippen MR) is 185 cm³/mol. The number of rotatable bonds is 14. The van der Waals surface area contributed by atoms with Gasteiger partial charge in [-0.15, -0.1) is 0 Å². The van der Waals surface area contributed by atoms with E-state index in [1.54, 1.807) is 24.3 Å². The van der Waals surface area contributed by atoms with Gasteiger partial charge in [0.1, 0.15) is 0 Å². The predicted octanol–water partition coefficient (Wildman–Crippen LogP) is 8.46. The van der Waals surface area contributed by atoms with Gasteiger partial charge in [-0.2, -0.15) is 0 Å². The van der Waals surface area contributed by atoms with E-state index in [2.05, 4.69) is 24.3 Å². The molecule has 8 heteroatoms. The van der Waals surface area contributed by atoms with Gasteiger partial charge >= 0.3 is 0 Å². The summed E-state index contributed by atoms with van der Waals surface area (Å²) in [5, 5.41) is 41.9. The number of ether oxygens (including phenoxy) is 4. The molecule has 5 rings (SSSR count). The molecule has 48 heavy (non-hydrogen) atoms. The van der Waals surface area contributed by atoms with Gasteiger partial charge in [-0.3, -0.25) is 0 Å². The van der Waals surface area contributed by atoms with Gasteiger partial charge < -0.3 is 39.4 Å². The fourth-order valence-corrected chi connectivity index (χ4v) is 5.96. The fourth-order valence-electron chi connectivity index (χ4n) is 5.96. The first-order chi connectivity index (χ1) is 23.3. The standard InChI is InChI=1S/C40H42O8/c1-5-45-35-21-27(13-17-31(35)41)39(28-14-18-32(42)36(22-28)46-6-2)25-9-11-26(12-10-25)40(29-15-19-33(43)37(23-29)47-7-3)30-16-20-34(44)38(24-30)48-8-4/h9-24,39-44H,5-8H2,1-4H3. The molecule has 0 atom stereocenters. The minimum absolute atomic E-state index is 0.0545. The molecular formula is C40H42O8. The van der Waals surface area contributed by atoms with Crippen LogP contribution in [0, 0.1) is 0 Å². The fraction of sp³-hybridized carbons (Fsp3) is 0.250. The molecule has 0 heterocycles. The van der Waals surface area contributed by atoms with E-state index in [1.165, 1.54) is 0 Å². The first kappa shape index (κ1) is 33.9. The molecule has 0 unspecified atom stereocenters. The lowest BCUT2D eigenvalue weighted by Crippen LogP contribution is -2.08. The topological polar surface area (TPSA) is 118 Å². The van der Waals surface area contributed by atoms with Crippen LogP contribution >= 0.6 is 0 Å². The minimum Gasteiger partial charge on any atom is -0.504 e. The summed E-state index contributed by atoms with van der Waals surface area (Å²) in [6, 6.07) is 29.6. The van der Waals surface area contributed by atoms with E-state index in [0.717, 1.165) is 33.4 Å². The number of hydrogen-bond donors (Lipinski definition) is 4. The maximum Gasteiger partial charge on any atom is 0.161 e. The van der Waals surface area contributed by atoms with Crippen LogP contribution in [0.2, 0.25) is 0 Å². The van der Waals surface area contributed by atoms with E-state index < -0.39 is 0 Å². The van der Waals surface area contributed by atoms with Gasteiger partial charge in [0.25, 0.3) is 0 Å². The quantitative estimate of drug-likeness (QED) is 0.0885. The lowest BCUT2D eigenvalue weighted by atomic mass is 9.81. The van der Waals surface area contributed by atoms with Crippen LogP contribution in [0.1, 0.15) is 72.9 Å². The van der Waals surface area contributed by atoms with Crippen LogP contribution in [-0.4, -0.2) is 46.9 Å². The zero-order valence-corrected chi connectivity index (χ0v) is 27.6. The first-order valence-corrected chi connectivity index (χ1v) is 16.2. The van der Waals surface area contributed by atoms with Gasteiger partial charge in [0.2, 0.25) is 0 Å². The van der Waals surface area contributed by atoms with Crippen LogP contribution in [0.15, 0.2) is 97.1 Å². The average molecular weight is 651 g/mol. The van der Waals surface area contributed by atoms with Crippen molar-refractivity contribution in [3.63, 3.8) is 0 Å². The van der Waals surface area contributed by atoms with Crippen LogP contribution in [0.4, 0.5) is 0 Å². The number of hydrogen-bond acceptors (Lipinski definition) is 8. The molecule has 4 N–H and O–H groups in total. The normalized spacial score (nSPS) is 11.1. The number of aromatic hydroxyl groups is 4. The summed E-state index contributed by atoms with van der Waals surface area (Å²) in [6.07, 6.45) is 0. The molecule has 0 radical (unpaired) electrons. The Morgan fingerprint density at radius 2 is 0.562 bits per heavy atom. The van der Waals surface area contributed by atoms with Crippen LogP contribution in [-0.2, 0) is 0 Å². The molecule has 0 saturated heterocycles. The van der Waals surface area contributed by atoms with Crippen LogP contribution < -0.4 is 18.9 Å². The summed E-state index contributed by atoms with van der Waals surface area (Å²) in [5.74, 6) is 1.16. The third-order valence-corrected chi connectivity index (χ3v) is 8.07. The van der Waals surface area contributed by atoms with Crippen molar-refractivity contribution in [2.45, 2.75) is 39.5 Å². The highest BCUT2D eigenvalue weighted by Gasteiger charge is 2.24. The van der Waals surface area contributed by atoms with E-state index >= 15 is 0 Å². The second-order valence-corrected chi connectivity index (χ2v) is 11.2. The number of phenolic OH excluding ortho intramolecular Hbond substituents is 4. The van der Waals surface area contributed by atoms with Gasteiger partial charge in [0, 0.05) is 11.8 Å². The molecule has 5 aromatic carbocycles. The second-order valence-electron chi connectivity index (χ2n) is 11.2. The third kappa shape index (κ3) is 7.39. The number of benzene rings is 5. The van der Waals surface area contributed by atoms with E-state index in [4.69, 9.17) is 18.9 Å². The minimum atomic E-state index is -0.298. The third-order valence-electron chi connectivity index (χ3n) is 8.07. The smallest absolute Gasteiger partial charge is 0.161 e. The van der Waals surface area contributed by atoms with E-state index in [9.17, 15) is 20.4 Å². The summed E-state index contributed by atoms with van der Waals surface area (Å²) in [5.41, 5.74) is 5.45. The van der Waals surface area contributed by atoms with Crippen molar-refractivity contribution in [1.29, 1.82) is 0 Å². The molecule has 0 aliphatic carbocycles. The molecule has 8 nitrogen and oxygen atoms in total. The highest BCUT2D eigenvalue weighted by Crippen LogP contribution is 2.43. The Kier molecular flexibility index (Phi) is 10.9. The molecule has 0 aromatic heterocycles. The highest BCUT2D eigenvalue weighted by molar-refractivity contribution is 5.56. The van der Waals surface area contributed by atoms with Gasteiger partial charge in [-0.25, -0.2) is 0 Å². The Morgan fingerprint density at radius 3 is 0.771 bits per heavy atom. The lowest BCUT2D eigenvalue weighted by Gasteiger charge is -2.24. The molecule has 0 amide bonds. The van der Waals surface area contributed by atoms with Crippen molar-refractivity contribution in [2.75, 3.05) is 26.4 Å². The van der Waals surface area contributed by atoms with E-state index in [0.29, 0.717) is 49.4 Å². The molecule has 0 fully saturated rings. The Morgan fingerprint density at radius 1 is 0.354 bits per heavy atom. The summed E-state index contributed by atoms with van der Waals surface area (Å²) in [4.78, 5) is 0. The van der Waals surface area contributed by atoms with Crippen molar-refractivity contribution in [2.24, 2.45) is 0 Å². The van der Waals surface area contributed by atoms with Crippen molar-refractivity contribution in [1.82, 2.24) is 0 Å². The SMILES string of the molecule is CCOc1cc(C(c2ccc(C(c3ccc(O)c(OCC)c3)c3ccc(O)c(OCC)c3)cc2)c2ccc(O)c(OCC)c2)ccc1O. The van der Waals surface area contributed by atoms with Crippen molar-refractivity contribution in [3.05, 3.63) is 130 Å². The maximum atomic E-state index is 10.5. The molecule has 0 saturated carbocycles. The second kappa shape index (κ2) is 15.4. The van der Waals surface area contributed by atoms with Crippen LogP contribution in [0.5, 0.6) is 46.0 Å². The Labute approximate surface area is 281 Å². The van der Waals surface area contributed by atoms with Crippen molar-refractivity contribution >= 4 is 0 Å². The Hall–Kier alpha value is -5.50. The highest BCUT2D eigenvalue weighted by atomic mass is 16.5. The van der Waals surface area contributed by atoms with Crippen LogP contribution in [0.25, 0.3) is 0 Å². The molecule has 0 aliphatic heterocycles. The van der Waals surface area contributed by atoms with Crippen LogP contribution in [0.3, 0.4) is 0 Å². The zero-order valence-electron chi connectivity index (χ0n) is 27.6. The zero-order chi connectivity index (χ0) is 34.2. The summed E-state index contributed by atoms with van der Waals surface area (Å²) in [6.45, 7) is 9.06. The summed E-state index contributed by atoms with van der Waals surface area (Å²) in [7, 11) is 0. The lowest BCUT2D eigenvalue weighted by molar-refractivity contribution is 0.317. The van der Waals surface area contributed by atoms with Crippen molar-refractivity contribution in [3.8, 4) is 46.0 Å². The molecule has 5 aromatic rings. The average Bonchev–Trinajstić information content (AvgIpc) is 3.08. The molecular weight excluding hydrogens is 608 g/mol. The number of phenols is 4. The summed E-state index contributed by atoms with van der Waals surface area (Å²) >= 11 is 0. The summed E-state index contributed by atoms with van der Waals surface area (Å²) < 4.78 is 22.9. The maximum absolute atomic E-state index is 10.5. The molecule has 0 aliphatic rings. The largest absolute Gasteiger partial charge is 0.504 e. The van der Waals surface area contributed by atoms with E-state index in [-0.39, 0.29) is 34.8 Å². The molecule has 0 spiro atoms. The van der Waals surface area contributed by atoms with Gasteiger partial charge in [0.15, 0.2) is 46.0 Å². The van der Waals surface area contributed by atoms with Gasteiger partial charge in [-0.1, -0.05) is 48.5 Å². The van der Waals surface area contributed by atoms with Gasteiger partial charge in [0.05, 0.1) is 26.4 Å². The molecule has 250 valence electrons. The monoisotopic (exact) mass is 650 g/mol. The molecule has 0 bridgehead atoms. The Balaban J connectivity index is 1.65. The van der Waals surface area contributed by atoms with E-state index in [1.807, 2.05) is 76.2 Å².